The van der Waals surface area contributed by atoms with Crippen LogP contribution in [0.1, 0.15) is 25.7 Å². The summed E-state index contributed by atoms with van der Waals surface area (Å²) in [5.74, 6) is 0. The van der Waals surface area contributed by atoms with Crippen molar-refractivity contribution in [3.63, 3.8) is 0 Å². The van der Waals surface area contributed by atoms with Gasteiger partial charge in [-0.3, -0.25) is 19.9 Å². The van der Waals surface area contributed by atoms with Gasteiger partial charge < -0.3 is 0 Å². The molecular weight excluding hydrogens is 372 g/mol. The fourth-order valence-corrected chi connectivity index (χ4v) is 4.35. The van der Waals surface area contributed by atoms with Crippen LogP contribution in [0.3, 0.4) is 0 Å². The van der Waals surface area contributed by atoms with E-state index in [0.29, 0.717) is 30.8 Å². The molecule has 0 radical (unpaired) electrons. The number of carbonyl (C=O) groups excluding carboxylic acids is 2. The fraction of sp³-hybridized carbons (Fsp3) is 0.333. The average molecular weight is 394 g/mol. The molecule has 0 aliphatic carbocycles. The Morgan fingerprint density at radius 3 is 2.10 bits per heavy atom. The van der Waals surface area contributed by atoms with Gasteiger partial charge in [0.1, 0.15) is 0 Å². The molecule has 29 heavy (non-hydrogen) atoms. The maximum absolute atomic E-state index is 13.7. The molecular formula is C21H22N4O4. The van der Waals surface area contributed by atoms with E-state index in [1.165, 1.54) is 9.80 Å². The van der Waals surface area contributed by atoms with Crippen molar-refractivity contribution in [1.82, 2.24) is 4.90 Å². The maximum atomic E-state index is 13.7. The minimum Gasteiger partial charge on any atom is -0.294 e. The van der Waals surface area contributed by atoms with Crippen molar-refractivity contribution in [2.45, 2.75) is 31.3 Å². The largest absolute Gasteiger partial charge is 0.339 e. The Bertz CT molecular complexity index is 921. The maximum Gasteiger partial charge on any atom is 0.339 e. The number of urea groups is 2. The van der Waals surface area contributed by atoms with Crippen LogP contribution < -0.4 is 9.80 Å². The highest BCUT2D eigenvalue weighted by molar-refractivity contribution is 6.21. The van der Waals surface area contributed by atoms with Gasteiger partial charge in [0.05, 0.1) is 5.69 Å². The number of nitro groups is 1. The molecule has 4 rings (SSSR count). The summed E-state index contributed by atoms with van der Waals surface area (Å²) in [4.78, 5) is 42.5. The van der Waals surface area contributed by atoms with E-state index in [9.17, 15) is 19.7 Å². The van der Waals surface area contributed by atoms with Crippen LogP contribution in [-0.4, -0.2) is 40.6 Å². The van der Waals surface area contributed by atoms with Crippen molar-refractivity contribution < 1.29 is 14.5 Å². The number of imide groups is 1. The molecule has 0 spiro atoms. The van der Waals surface area contributed by atoms with Crippen molar-refractivity contribution in [2.75, 3.05) is 22.9 Å². The number of carbonyl (C=O) groups is 2. The Labute approximate surface area is 168 Å². The van der Waals surface area contributed by atoms with E-state index in [-0.39, 0.29) is 0 Å². The van der Waals surface area contributed by atoms with E-state index < -0.39 is 29.2 Å². The molecule has 150 valence electrons. The third-order valence-electron chi connectivity index (χ3n) is 5.59. The van der Waals surface area contributed by atoms with E-state index >= 15 is 0 Å². The summed E-state index contributed by atoms with van der Waals surface area (Å²) in [6.07, 6.45) is 2.67. The summed E-state index contributed by atoms with van der Waals surface area (Å²) in [7, 11) is 0. The molecule has 1 atom stereocenters. The van der Waals surface area contributed by atoms with Crippen LogP contribution in [-0.2, 0) is 0 Å². The van der Waals surface area contributed by atoms with Gasteiger partial charge in [0, 0.05) is 17.2 Å². The van der Waals surface area contributed by atoms with E-state index in [1.807, 2.05) is 6.07 Å². The van der Waals surface area contributed by atoms with E-state index in [1.54, 1.807) is 54.6 Å². The fourth-order valence-electron chi connectivity index (χ4n) is 4.35. The highest BCUT2D eigenvalue weighted by atomic mass is 16.6. The zero-order valence-electron chi connectivity index (χ0n) is 15.9. The van der Waals surface area contributed by atoms with Gasteiger partial charge in [-0.1, -0.05) is 42.8 Å². The number of fused-ring (bicyclic) bond motifs is 1. The molecule has 0 aromatic heterocycles. The first-order valence-electron chi connectivity index (χ1n) is 9.72. The number of amides is 4. The van der Waals surface area contributed by atoms with Crippen LogP contribution in [0.5, 0.6) is 0 Å². The first-order chi connectivity index (χ1) is 14.0. The summed E-state index contributed by atoms with van der Waals surface area (Å²) >= 11 is 0. The second-order valence-corrected chi connectivity index (χ2v) is 7.34. The lowest BCUT2D eigenvalue weighted by Gasteiger charge is -2.53. The van der Waals surface area contributed by atoms with Gasteiger partial charge >= 0.3 is 12.1 Å². The van der Waals surface area contributed by atoms with Gasteiger partial charge in [-0.15, -0.1) is 0 Å². The molecule has 0 unspecified atom stereocenters. The summed E-state index contributed by atoms with van der Waals surface area (Å²) in [5, 5.41) is 11.7. The van der Waals surface area contributed by atoms with Gasteiger partial charge in [0.15, 0.2) is 5.66 Å². The van der Waals surface area contributed by atoms with Crippen LogP contribution in [0.2, 0.25) is 0 Å². The van der Waals surface area contributed by atoms with Crippen molar-refractivity contribution in [3.8, 4) is 0 Å². The molecule has 2 heterocycles. The van der Waals surface area contributed by atoms with Crippen molar-refractivity contribution in [1.29, 1.82) is 0 Å². The van der Waals surface area contributed by atoms with E-state index in [0.717, 1.165) is 17.7 Å². The monoisotopic (exact) mass is 394 g/mol. The summed E-state index contributed by atoms with van der Waals surface area (Å²) in [6, 6.07) is 16.5. The summed E-state index contributed by atoms with van der Waals surface area (Å²) in [5.41, 5.74) is -0.331. The van der Waals surface area contributed by atoms with Gasteiger partial charge in [-0.2, -0.15) is 0 Å². The number of nitrogens with zero attached hydrogens (tertiary/aromatic N) is 4. The zero-order valence-corrected chi connectivity index (χ0v) is 15.9. The zero-order chi connectivity index (χ0) is 20.4. The topological polar surface area (TPSA) is 87.0 Å². The van der Waals surface area contributed by atoms with Crippen LogP contribution >= 0.6 is 0 Å². The second-order valence-electron chi connectivity index (χ2n) is 7.34. The highest BCUT2D eigenvalue weighted by Crippen LogP contribution is 2.40. The lowest BCUT2D eigenvalue weighted by Crippen LogP contribution is -2.76. The third-order valence-corrected chi connectivity index (χ3v) is 5.59. The minimum atomic E-state index is -1.32. The number of hydrogen-bond acceptors (Lipinski definition) is 4. The summed E-state index contributed by atoms with van der Waals surface area (Å²) < 4.78 is 0. The van der Waals surface area contributed by atoms with Gasteiger partial charge in [0.2, 0.25) is 6.54 Å². The highest BCUT2D eigenvalue weighted by Gasteiger charge is 2.58. The van der Waals surface area contributed by atoms with Gasteiger partial charge in [0.25, 0.3) is 0 Å². The smallest absolute Gasteiger partial charge is 0.294 e. The first kappa shape index (κ1) is 18.9. The molecule has 2 fully saturated rings. The molecule has 8 nitrogen and oxygen atoms in total. The Hall–Kier alpha value is -3.42. The molecule has 4 amide bonds. The predicted octanol–water partition coefficient (Wildman–Crippen LogP) is 4.10. The predicted molar refractivity (Wildman–Crippen MR) is 108 cm³/mol. The molecule has 2 aromatic carbocycles. The van der Waals surface area contributed by atoms with Crippen LogP contribution in [0, 0.1) is 10.1 Å². The molecule has 2 saturated heterocycles. The Kier molecular flexibility index (Phi) is 4.92. The number of benzene rings is 2. The van der Waals surface area contributed by atoms with Crippen molar-refractivity contribution in [2.24, 2.45) is 0 Å². The number of rotatable bonds is 4. The average Bonchev–Trinajstić information content (AvgIpc) is 2.92. The number of hydrogen-bond donors (Lipinski definition) is 0. The Morgan fingerprint density at radius 1 is 0.862 bits per heavy atom. The van der Waals surface area contributed by atoms with Crippen LogP contribution in [0.15, 0.2) is 60.7 Å². The van der Waals surface area contributed by atoms with Crippen molar-refractivity contribution >= 4 is 23.4 Å². The molecule has 2 aromatic rings. The normalized spacial score (nSPS) is 22.3. The number of para-hydroxylation sites is 2. The lowest BCUT2D eigenvalue weighted by atomic mass is 9.97. The van der Waals surface area contributed by atoms with Gasteiger partial charge in [-0.25, -0.2) is 14.5 Å². The van der Waals surface area contributed by atoms with E-state index in [2.05, 4.69) is 0 Å². The third kappa shape index (κ3) is 3.20. The standard InChI is InChI=1S/C21H22N4O4/c26-19-22-15-9-3-8-14-21(22,16-23(28)29)25(18-12-6-2-7-13-18)20(27)24(19)17-10-4-1-5-11-17/h1-2,4-7,10-13H,3,8-9,14-16H2/t21-/m0/s1. The Balaban J connectivity index is 1.92. The lowest BCUT2D eigenvalue weighted by molar-refractivity contribution is -0.494. The van der Waals surface area contributed by atoms with Crippen molar-refractivity contribution in [3.05, 3.63) is 70.8 Å². The minimum absolute atomic E-state index is 0.364. The van der Waals surface area contributed by atoms with Crippen LogP contribution in [0.25, 0.3) is 0 Å². The van der Waals surface area contributed by atoms with Gasteiger partial charge in [-0.05, 0) is 43.5 Å². The molecule has 0 saturated carbocycles. The van der Waals surface area contributed by atoms with Crippen LogP contribution in [0.4, 0.5) is 21.0 Å². The molecule has 2 aliphatic rings. The molecule has 0 N–H and O–H groups in total. The molecule has 8 heteroatoms. The second kappa shape index (κ2) is 7.54. The number of anilines is 2. The first-order valence-corrected chi connectivity index (χ1v) is 9.72. The van der Waals surface area contributed by atoms with E-state index in [4.69, 9.17) is 0 Å². The molecule has 0 bridgehead atoms. The summed E-state index contributed by atoms with van der Waals surface area (Å²) in [6.45, 7) is -0.144. The molecule has 2 aliphatic heterocycles. The Morgan fingerprint density at radius 2 is 1.48 bits per heavy atom. The SMILES string of the molecule is O=C1N(c2ccccc2)C(=O)N(c2ccccc2)[C@]2(C[N+](=O)[O-])CCCCCN12. The quantitative estimate of drug-likeness (QED) is 0.577.